The highest BCUT2D eigenvalue weighted by Crippen LogP contribution is 2.39. The van der Waals surface area contributed by atoms with Crippen LogP contribution in [0.5, 0.6) is 0 Å². The molecule has 0 saturated heterocycles. The molecule has 0 aliphatic rings. The Balaban J connectivity index is 1.99. The number of nitrogens with one attached hydrogen (secondary N) is 1. The molecule has 0 spiro atoms. The lowest BCUT2D eigenvalue weighted by Gasteiger charge is -2.39. The SMILES string of the molecule is C[C@H](Cc1ncc(CCCC(=O)O)s1)NCC(O[Si](C)(C)C(C)(C)C)c1cccc(Cl)c1. The van der Waals surface area contributed by atoms with Crippen molar-refractivity contribution in [3.8, 4) is 0 Å². The smallest absolute Gasteiger partial charge is 0.303 e. The van der Waals surface area contributed by atoms with Crippen LogP contribution in [0, 0.1) is 0 Å². The Morgan fingerprint density at radius 2 is 2.06 bits per heavy atom. The van der Waals surface area contributed by atoms with Gasteiger partial charge in [-0.2, -0.15) is 0 Å². The first-order valence-corrected chi connectivity index (χ1v) is 15.3. The molecular formula is C24H37ClN2O3SSi. The molecule has 32 heavy (non-hydrogen) atoms. The lowest BCUT2D eigenvalue weighted by Crippen LogP contribution is -2.44. The van der Waals surface area contributed by atoms with E-state index in [-0.39, 0.29) is 23.6 Å². The number of aryl methyl sites for hydroxylation is 1. The molecule has 0 bridgehead atoms. The maximum atomic E-state index is 10.7. The van der Waals surface area contributed by atoms with Crippen molar-refractivity contribution in [2.45, 2.75) is 83.7 Å². The van der Waals surface area contributed by atoms with Gasteiger partial charge in [0.2, 0.25) is 0 Å². The van der Waals surface area contributed by atoms with Crippen LogP contribution >= 0.6 is 22.9 Å². The van der Waals surface area contributed by atoms with Gasteiger partial charge in [0.15, 0.2) is 8.32 Å². The minimum absolute atomic E-state index is 0.0695. The quantitative estimate of drug-likeness (QED) is 0.328. The lowest BCUT2D eigenvalue weighted by atomic mass is 10.1. The van der Waals surface area contributed by atoms with E-state index >= 15 is 0 Å². The molecule has 8 heteroatoms. The molecule has 2 atom stereocenters. The maximum Gasteiger partial charge on any atom is 0.303 e. The molecule has 0 fully saturated rings. The molecular weight excluding hydrogens is 460 g/mol. The minimum atomic E-state index is -1.97. The predicted molar refractivity (Wildman–Crippen MR) is 136 cm³/mol. The molecule has 1 heterocycles. The number of hydrogen-bond donors (Lipinski definition) is 2. The summed E-state index contributed by atoms with van der Waals surface area (Å²) >= 11 is 7.94. The van der Waals surface area contributed by atoms with Gasteiger partial charge < -0.3 is 14.8 Å². The summed E-state index contributed by atoms with van der Waals surface area (Å²) in [6, 6.07) is 8.18. The monoisotopic (exact) mass is 496 g/mol. The molecule has 0 aliphatic carbocycles. The predicted octanol–water partition coefficient (Wildman–Crippen LogP) is 6.49. The van der Waals surface area contributed by atoms with Gasteiger partial charge in [0.25, 0.3) is 0 Å². The Morgan fingerprint density at radius 3 is 2.69 bits per heavy atom. The highest BCUT2D eigenvalue weighted by molar-refractivity contribution is 7.11. The van der Waals surface area contributed by atoms with Crippen molar-refractivity contribution in [3.05, 3.63) is 50.9 Å². The summed E-state index contributed by atoms with van der Waals surface area (Å²) in [5.74, 6) is -0.748. The third-order valence-corrected chi connectivity index (χ3v) is 11.8. The van der Waals surface area contributed by atoms with Crippen LogP contribution in [0.2, 0.25) is 23.2 Å². The topological polar surface area (TPSA) is 71.5 Å². The second-order valence-corrected chi connectivity index (χ2v) is 16.3. The molecule has 0 amide bonds. The van der Waals surface area contributed by atoms with Crippen molar-refractivity contribution in [1.82, 2.24) is 10.3 Å². The van der Waals surface area contributed by atoms with Crippen LogP contribution in [0.3, 0.4) is 0 Å². The van der Waals surface area contributed by atoms with Crippen molar-refractivity contribution in [3.63, 3.8) is 0 Å². The van der Waals surface area contributed by atoms with Crippen molar-refractivity contribution in [2.24, 2.45) is 0 Å². The van der Waals surface area contributed by atoms with Crippen molar-refractivity contribution in [1.29, 1.82) is 0 Å². The summed E-state index contributed by atoms with van der Waals surface area (Å²) in [5.41, 5.74) is 1.09. The number of carboxylic acids is 1. The average Bonchev–Trinajstić information content (AvgIpc) is 3.11. The number of rotatable bonds is 12. The summed E-state index contributed by atoms with van der Waals surface area (Å²) < 4.78 is 6.77. The number of carbonyl (C=O) groups is 1. The third kappa shape index (κ3) is 8.59. The van der Waals surface area contributed by atoms with E-state index < -0.39 is 14.3 Å². The van der Waals surface area contributed by atoms with Crippen molar-refractivity contribution in [2.75, 3.05) is 6.54 Å². The molecule has 2 aromatic rings. The summed E-state index contributed by atoms with van der Waals surface area (Å²) in [6.45, 7) is 14.2. The number of hydrogen-bond acceptors (Lipinski definition) is 5. The van der Waals surface area contributed by atoms with Crippen LogP contribution in [0.25, 0.3) is 0 Å². The van der Waals surface area contributed by atoms with Gasteiger partial charge in [-0.05, 0) is 55.6 Å². The summed E-state index contributed by atoms with van der Waals surface area (Å²) in [7, 11) is -1.97. The van der Waals surface area contributed by atoms with Gasteiger partial charge >= 0.3 is 5.97 Å². The Labute approximate surface area is 202 Å². The van der Waals surface area contributed by atoms with Gasteiger partial charge in [0, 0.05) is 41.5 Å². The molecule has 2 N–H and O–H groups in total. The summed E-state index contributed by atoms with van der Waals surface area (Å²) in [5, 5.41) is 14.3. The zero-order chi connectivity index (χ0) is 23.9. The maximum absolute atomic E-state index is 10.7. The van der Waals surface area contributed by atoms with E-state index in [4.69, 9.17) is 21.1 Å². The van der Waals surface area contributed by atoms with E-state index in [1.807, 2.05) is 24.4 Å². The Morgan fingerprint density at radius 1 is 1.34 bits per heavy atom. The van der Waals surface area contributed by atoms with E-state index in [9.17, 15) is 4.79 Å². The van der Waals surface area contributed by atoms with Gasteiger partial charge in [0.05, 0.1) is 11.1 Å². The van der Waals surface area contributed by atoms with E-state index in [2.05, 4.69) is 57.2 Å². The molecule has 178 valence electrons. The second kappa shape index (κ2) is 11.7. The number of thiazole rings is 1. The average molecular weight is 497 g/mol. The molecule has 1 unspecified atom stereocenters. The number of halogens is 1. The zero-order valence-corrected chi connectivity index (χ0v) is 22.6. The molecule has 5 nitrogen and oxygen atoms in total. The van der Waals surface area contributed by atoms with Gasteiger partial charge in [-0.25, -0.2) is 4.98 Å². The largest absolute Gasteiger partial charge is 0.481 e. The number of carboxylic acid groups (broad SMARTS) is 1. The summed E-state index contributed by atoms with van der Waals surface area (Å²) in [4.78, 5) is 16.4. The van der Waals surface area contributed by atoms with Crippen molar-refractivity contribution >= 4 is 37.2 Å². The fraction of sp³-hybridized carbons (Fsp3) is 0.583. The molecule has 0 aliphatic heterocycles. The fourth-order valence-corrected chi connectivity index (χ4v) is 5.66. The van der Waals surface area contributed by atoms with Gasteiger partial charge in [-0.15, -0.1) is 11.3 Å². The van der Waals surface area contributed by atoms with E-state index in [1.165, 1.54) is 0 Å². The number of aliphatic carboxylic acids is 1. The van der Waals surface area contributed by atoms with E-state index in [1.54, 1.807) is 11.3 Å². The van der Waals surface area contributed by atoms with Gasteiger partial charge in [-0.3, -0.25) is 4.79 Å². The Hall–Kier alpha value is -1.25. The van der Waals surface area contributed by atoms with E-state index in [0.29, 0.717) is 13.0 Å². The first-order chi connectivity index (χ1) is 14.9. The van der Waals surface area contributed by atoms with Crippen LogP contribution < -0.4 is 5.32 Å². The number of nitrogens with zero attached hydrogens (tertiary/aromatic N) is 1. The lowest BCUT2D eigenvalue weighted by molar-refractivity contribution is -0.137. The molecule has 1 aromatic heterocycles. The van der Waals surface area contributed by atoms with Gasteiger partial charge in [0.1, 0.15) is 0 Å². The summed E-state index contributed by atoms with van der Waals surface area (Å²) in [6.07, 6.45) is 4.25. The van der Waals surface area contributed by atoms with Crippen LogP contribution in [-0.4, -0.2) is 37.0 Å². The highest BCUT2D eigenvalue weighted by atomic mass is 35.5. The highest BCUT2D eigenvalue weighted by Gasteiger charge is 2.39. The molecule has 0 saturated carbocycles. The molecule has 1 aromatic carbocycles. The first-order valence-electron chi connectivity index (χ1n) is 11.2. The van der Waals surface area contributed by atoms with Gasteiger partial charge in [-0.1, -0.05) is 44.5 Å². The van der Waals surface area contributed by atoms with Crippen molar-refractivity contribution < 1.29 is 14.3 Å². The third-order valence-electron chi connectivity index (χ3n) is 6.01. The van der Waals surface area contributed by atoms with Crippen LogP contribution in [0.15, 0.2) is 30.5 Å². The first kappa shape index (κ1) is 27.0. The zero-order valence-electron chi connectivity index (χ0n) is 20.1. The Bertz CT molecular complexity index is 882. The molecule has 0 radical (unpaired) electrons. The second-order valence-electron chi connectivity index (χ2n) is 9.90. The van der Waals surface area contributed by atoms with E-state index in [0.717, 1.165) is 33.3 Å². The number of aromatic nitrogens is 1. The normalized spacial score (nSPS) is 14.3. The number of benzene rings is 1. The standard InChI is InChI=1S/C24H37ClN2O3SSi/c1-17(13-22-27-15-20(31-22)11-8-12-23(28)29)26-16-21(18-9-7-10-19(25)14-18)30-32(5,6)24(2,3)4/h7,9-10,14-15,17,21,26H,8,11-13,16H2,1-6H3,(H,28,29)/t17-,21?/m1/s1. The van der Waals surface area contributed by atoms with Crippen LogP contribution in [0.1, 0.15) is 62.1 Å². The van der Waals surface area contributed by atoms with Crippen LogP contribution in [0.4, 0.5) is 0 Å². The van der Waals surface area contributed by atoms with Crippen LogP contribution in [-0.2, 0) is 22.1 Å². The minimum Gasteiger partial charge on any atom is -0.481 e. The Kier molecular flexibility index (Phi) is 9.91. The fourth-order valence-electron chi connectivity index (χ4n) is 3.08. The molecule has 2 rings (SSSR count).